The summed E-state index contributed by atoms with van der Waals surface area (Å²) < 4.78 is 19.7. The number of benzene rings is 1. The second-order valence-corrected chi connectivity index (χ2v) is 7.63. The maximum absolute atomic E-state index is 13.4. The lowest BCUT2D eigenvalue weighted by Gasteiger charge is -2.50. The van der Waals surface area contributed by atoms with Crippen LogP contribution in [0.15, 0.2) is 18.2 Å². The minimum atomic E-state index is -0.240. The van der Waals surface area contributed by atoms with Crippen LogP contribution in [0, 0.1) is 17.2 Å². The summed E-state index contributed by atoms with van der Waals surface area (Å²) in [5.41, 5.74) is 7.22. The number of fused-ring (bicyclic) bond motifs is 1. The summed E-state index contributed by atoms with van der Waals surface area (Å²) in [6, 6.07) is 4.58. The summed E-state index contributed by atoms with van der Waals surface area (Å²) in [5.74, 6) is 1.17. The topological polar surface area (TPSA) is 35.2 Å². The number of halogens is 1. The molecule has 3 heteroatoms. The van der Waals surface area contributed by atoms with Crippen molar-refractivity contribution in [1.29, 1.82) is 0 Å². The van der Waals surface area contributed by atoms with E-state index in [0.29, 0.717) is 5.92 Å². The Kier molecular flexibility index (Phi) is 3.09. The molecule has 1 heterocycles. The van der Waals surface area contributed by atoms with Crippen molar-refractivity contribution in [2.45, 2.75) is 58.1 Å². The Morgan fingerprint density at radius 3 is 2.70 bits per heavy atom. The zero-order valence-electron chi connectivity index (χ0n) is 12.6. The van der Waals surface area contributed by atoms with Crippen molar-refractivity contribution >= 4 is 0 Å². The van der Waals surface area contributed by atoms with E-state index in [0.717, 1.165) is 30.6 Å². The molecule has 2 unspecified atom stereocenters. The number of rotatable bonds is 0. The molecule has 1 saturated carbocycles. The third-order valence-corrected chi connectivity index (χ3v) is 4.71. The molecule has 1 fully saturated rings. The highest BCUT2D eigenvalue weighted by atomic mass is 19.1. The summed E-state index contributed by atoms with van der Waals surface area (Å²) in [5, 5.41) is 0. The van der Waals surface area contributed by atoms with Crippen LogP contribution < -0.4 is 10.5 Å². The molecular weight excluding hydrogens is 253 g/mol. The van der Waals surface area contributed by atoms with E-state index >= 15 is 0 Å². The maximum Gasteiger partial charge on any atom is 0.125 e. The SMILES string of the molecule is CC1CC(C)(C)CC2(C1)C[C@H](N)c1cc(F)ccc1O2. The van der Waals surface area contributed by atoms with E-state index < -0.39 is 0 Å². The predicted molar refractivity (Wildman–Crippen MR) is 78.1 cm³/mol. The highest BCUT2D eigenvalue weighted by molar-refractivity contribution is 5.39. The number of nitrogens with two attached hydrogens (primary N) is 1. The molecule has 1 aliphatic carbocycles. The van der Waals surface area contributed by atoms with Gasteiger partial charge in [0.25, 0.3) is 0 Å². The molecule has 0 saturated heterocycles. The molecule has 110 valence electrons. The fourth-order valence-corrected chi connectivity index (χ4v) is 4.59. The van der Waals surface area contributed by atoms with Gasteiger partial charge in [0, 0.05) is 18.0 Å². The number of hydrogen-bond donors (Lipinski definition) is 1. The van der Waals surface area contributed by atoms with Crippen molar-refractivity contribution in [3.8, 4) is 5.75 Å². The summed E-state index contributed by atoms with van der Waals surface area (Å²) in [7, 11) is 0. The Bertz CT molecular complexity index is 528. The van der Waals surface area contributed by atoms with Gasteiger partial charge in [-0.15, -0.1) is 0 Å². The van der Waals surface area contributed by atoms with Gasteiger partial charge in [-0.1, -0.05) is 20.8 Å². The van der Waals surface area contributed by atoms with Crippen LogP contribution in [0.25, 0.3) is 0 Å². The molecule has 0 bridgehead atoms. The normalized spacial score (nSPS) is 35.5. The van der Waals surface area contributed by atoms with Crippen molar-refractivity contribution in [3.63, 3.8) is 0 Å². The molecular formula is C17H24FNO. The molecule has 2 N–H and O–H groups in total. The maximum atomic E-state index is 13.4. The minimum absolute atomic E-state index is 0.129. The van der Waals surface area contributed by atoms with Gasteiger partial charge < -0.3 is 10.5 Å². The average molecular weight is 277 g/mol. The van der Waals surface area contributed by atoms with Crippen LogP contribution in [0.1, 0.15) is 58.1 Å². The van der Waals surface area contributed by atoms with Crippen LogP contribution in [-0.2, 0) is 0 Å². The second kappa shape index (κ2) is 4.45. The van der Waals surface area contributed by atoms with Gasteiger partial charge in [0.2, 0.25) is 0 Å². The van der Waals surface area contributed by atoms with Gasteiger partial charge in [0.15, 0.2) is 0 Å². The minimum Gasteiger partial charge on any atom is -0.487 e. The molecule has 0 amide bonds. The Hall–Kier alpha value is -1.09. The molecule has 0 aromatic heterocycles. The van der Waals surface area contributed by atoms with Crippen LogP contribution in [0.3, 0.4) is 0 Å². The zero-order valence-corrected chi connectivity index (χ0v) is 12.6. The van der Waals surface area contributed by atoms with E-state index in [4.69, 9.17) is 10.5 Å². The van der Waals surface area contributed by atoms with E-state index in [2.05, 4.69) is 20.8 Å². The fraction of sp³-hybridized carbons (Fsp3) is 0.647. The largest absolute Gasteiger partial charge is 0.487 e. The first-order valence-electron chi connectivity index (χ1n) is 7.53. The van der Waals surface area contributed by atoms with Crippen molar-refractivity contribution in [2.75, 3.05) is 0 Å². The third-order valence-electron chi connectivity index (χ3n) is 4.71. The van der Waals surface area contributed by atoms with E-state index in [-0.39, 0.29) is 22.9 Å². The molecule has 1 aliphatic heterocycles. The third kappa shape index (κ3) is 2.44. The lowest BCUT2D eigenvalue weighted by Crippen LogP contribution is -2.50. The molecule has 0 radical (unpaired) electrons. The Morgan fingerprint density at radius 1 is 1.25 bits per heavy atom. The van der Waals surface area contributed by atoms with E-state index in [1.807, 2.05) is 0 Å². The first-order chi connectivity index (χ1) is 9.29. The Morgan fingerprint density at radius 2 is 2.00 bits per heavy atom. The van der Waals surface area contributed by atoms with Gasteiger partial charge >= 0.3 is 0 Å². The zero-order chi connectivity index (χ0) is 14.5. The smallest absolute Gasteiger partial charge is 0.125 e. The summed E-state index contributed by atoms with van der Waals surface area (Å²) in [6.07, 6.45) is 4.08. The Balaban J connectivity index is 1.96. The van der Waals surface area contributed by atoms with Gasteiger partial charge in [0.05, 0.1) is 0 Å². The lowest BCUT2D eigenvalue weighted by atomic mass is 9.63. The van der Waals surface area contributed by atoms with E-state index in [1.165, 1.54) is 18.6 Å². The van der Waals surface area contributed by atoms with Crippen LogP contribution in [0.4, 0.5) is 4.39 Å². The summed E-state index contributed by atoms with van der Waals surface area (Å²) >= 11 is 0. The quantitative estimate of drug-likeness (QED) is 0.771. The summed E-state index contributed by atoms with van der Waals surface area (Å²) in [4.78, 5) is 0. The van der Waals surface area contributed by atoms with Crippen LogP contribution >= 0.6 is 0 Å². The number of ether oxygens (including phenoxy) is 1. The molecule has 3 rings (SSSR count). The van der Waals surface area contributed by atoms with Crippen molar-refractivity contribution in [3.05, 3.63) is 29.6 Å². The monoisotopic (exact) mass is 277 g/mol. The van der Waals surface area contributed by atoms with Crippen molar-refractivity contribution in [1.82, 2.24) is 0 Å². The summed E-state index contributed by atoms with van der Waals surface area (Å²) in [6.45, 7) is 6.90. The highest BCUT2D eigenvalue weighted by Gasteiger charge is 2.48. The molecule has 2 nitrogen and oxygen atoms in total. The van der Waals surface area contributed by atoms with E-state index in [9.17, 15) is 4.39 Å². The second-order valence-electron chi connectivity index (χ2n) is 7.63. The van der Waals surface area contributed by atoms with Gasteiger partial charge in [0.1, 0.15) is 17.2 Å². The lowest BCUT2D eigenvalue weighted by molar-refractivity contribution is -0.0571. The standard InChI is InChI=1S/C17H24FNO/c1-11-7-16(2,3)10-17(8-11)9-14(19)13-6-12(18)4-5-15(13)20-17/h4-6,11,14H,7-10,19H2,1-3H3/t11?,14-,17?/m0/s1. The van der Waals surface area contributed by atoms with Gasteiger partial charge in [-0.25, -0.2) is 4.39 Å². The van der Waals surface area contributed by atoms with Crippen LogP contribution in [0.5, 0.6) is 5.75 Å². The number of hydrogen-bond acceptors (Lipinski definition) is 2. The van der Waals surface area contributed by atoms with Gasteiger partial charge in [-0.05, 0) is 48.8 Å². The van der Waals surface area contributed by atoms with Crippen LogP contribution in [0.2, 0.25) is 0 Å². The molecule has 1 spiro atoms. The van der Waals surface area contributed by atoms with Gasteiger partial charge in [-0.3, -0.25) is 0 Å². The fourth-order valence-electron chi connectivity index (χ4n) is 4.59. The van der Waals surface area contributed by atoms with Crippen molar-refractivity contribution < 1.29 is 9.13 Å². The first-order valence-corrected chi connectivity index (χ1v) is 7.53. The molecule has 3 atom stereocenters. The van der Waals surface area contributed by atoms with Crippen molar-refractivity contribution in [2.24, 2.45) is 17.1 Å². The Labute approximate surface area is 120 Å². The van der Waals surface area contributed by atoms with Crippen LogP contribution in [-0.4, -0.2) is 5.60 Å². The highest BCUT2D eigenvalue weighted by Crippen LogP contribution is 2.51. The molecule has 2 aliphatic rings. The van der Waals surface area contributed by atoms with E-state index in [1.54, 1.807) is 6.07 Å². The average Bonchev–Trinajstić information content (AvgIpc) is 2.27. The molecule has 1 aromatic rings. The molecule has 20 heavy (non-hydrogen) atoms. The molecule has 1 aromatic carbocycles. The predicted octanol–water partition coefficient (Wildman–Crippen LogP) is 4.19. The first kappa shape index (κ1) is 13.9. The van der Waals surface area contributed by atoms with Gasteiger partial charge in [-0.2, -0.15) is 0 Å².